The smallest absolute Gasteiger partial charge is 0.243 e. The second kappa shape index (κ2) is 6.64. The molecule has 60 valence electrons. The number of nitrogens with zero attached hydrogens (tertiary/aromatic N) is 3. The molecule has 0 aliphatic carbocycles. The van der Waals surface area contributed by atoms with Crippen LogP contribution in [0.1, 0.15) is 6.92 Å². The van der Waals surface area contributed by atoms with Crippen LogP contribution in [0.25, 0.3) is 10.4 Å². The summed E-state index contributed by atoms with van der Waals surface area (Å²) >= 11 is 0. The van der Waals surface area contributed by atoms with Crippen LogP contribution in [0.2, 0.25) is 0 Å². The van der Waals surface area contributed by atoms with Gasteiger partial charge in [0.1, 0.15) is 0 Å². The van der Waals surface area contributed by atoms with Crippen LogP contribution in [0.15, 0.2) is 17.3 Å². The van der Waals surface area contributed by atoms with Gasteiger partial charge in [0.25, 0.3) is 0 Å². The van der Waals surface area contributed by atoms with E-state index in [1.54, 1.807) is 13.0 Å². The predicted octanol–water partition coefficient (Wildman–Crippen LogP) is 0.989. The number of nitrogens with one attached hydrogen (secondary N) is 1. The summed E-state index contributed by atoms with van der Waals surface area (Å²) in [5.41, 5.74) is 7.87. The monoisotopic (exact) mass is 154 g/mol. The zero-order valence-corrected chi connectivity index (χ0v) is 6.32. The summed E-state index contributed by atoms with van der Waals surface area (Å²) in [6.07, 6.45) is 3.05. The molecule has 1 N–H and O–H groups in total. The lowest BCUT2D eigenvalue weighted by Gasteiger charge is -1.95. The lowest BCUT2D eigenvalue weighted by Crippen LogP contribution is -2.23. The van der Waals surface area contributed by atoms with E-state index in [0.717, 1.165) is 0 Å². The van der Waals surface area contributed by atoms with Crippen LogP contribution in [-0.2, 0) is 4.79 Å². The molecule has 0 aliphatic heterocycles. The SMILES string of the molecule is CC=CC(=O)NCCN=[N+]=[N-]. The molecule has 5 nitrogen and oxygen atoms in total. The van der Waals surface area contributed by atoms with Crippen molar-refractivity contribution in [1.82, 2.24) is 5.32 Å². The van der Waals surface area contributed by atoms with E-state index in [9.17, 15) is 4.79 Å². The predicted molar refractivity (Wildman–Crippen MR) is 41.8 cm³/mol. The van der Waals surface area contributed by atoms with Crippen molar-refractivity contribution in [3.8, 4) is 0 Å². The Morgan fingerprint density at radius 1 is 1.82 bits per heavy atom. The minimum atomic E-state index is -0.166. The Bertz CT molecular complexity index is 193. The quantitative estimate of drug-likeness (QED) is 0.212. The van der Waals surface area contributed by atoms with E-state index in [0.29, 0.717) is 13.1 Å². The van der Waals surface area contributed by atoms with E-state index in [-0.39, 0.29) is 5.91 Å². The molecular formula is C6H10N4O. The number of hydrogen-bond acceptors (Lipinski definition) is 2. The fourth-order valence-corrected chi connectivity index (χ4v) is 0.484. The van der Waals surface area contributed by atoms with Gasteiger partial charge in [-0.15, -0.1) is 0 Å². The highest BCUT2D eigenvalue weighted by molar-refractivity contribution is 5.87. The standard InChI is InChI=1S/C6H10N4O/c1-2-3-6(11)8-4-5-9-10-7/h2-3H,4-5H2,1H3,(H,8,11). The van der Waals surface area contributed by atoms with Gasteiger partial charge in [-0.1, -0.05) is 11.2 Å². The van der Waals surface area contributed by atoms with Gasteiger partial charge in [0.05, 0.1) is 0 Å². The lowest BCUT2D eigenvalue weighted by molar-refractivity contribution is -0.116. The zero-order valence-electron chi connectivity index (χ0n) is 6.32. The fraction of sp³-hybridized carbons (Fsp3) is 0.500. The van der Waals surface area contributed by atoms with Crippen molar-refractivity contribution in [1.29, 1.82) is 0 Å². The van der Waals surface area contributed by atoms with Crippen molar-refractivity contribution in [2.24, 2.45) is 5.11 Å². The van der Waals surface area contributed by atoms with E-state index in [4.69, 9.17) is 5.53 Å². The van der Waals surface area contributed by atoms with Gasteiger partial charge in [-0.2, -0.15) is 0 Å². The van der Waals surface area contributed by atoms with Gasteiger partial charge < -0.3 is 5.32 Å². The number of azide groups is 1. The Hall–Kier alpha value is -1.48. The first-order chi connectivity index (χ1) is 5.31. The van der Waals surface area contributed by atoms with Crippen LogP contribution in [-0.4, -0.2) is 19.0 Å². The largest absolute Gasteiger partial charge is 0.352 e. The first-order valence-electron chi connectivity index (χ1n) is 3.22. The summed E-state index contributed by atoms with van der Waals surface area (Å²) < 4.78 is 0. The molecule has 0 aromatic carbocycles. The van der Waals surface area contributed by atoms with E-state index in [1.807, 2.05) is 0 Å². The minimum absolute atomic E-state index is 0.166. The van der Waals surface area contributed by atoms with Gasteiger partial charge in [0.15, 0.2) is 0 Å². The van der Waals surface area contributed by atoms with Crippen LogP contribution in [0.3, 0.4) is 0 Å². The van der Waals surface area contributed by atoms with Crippen LogP contribution in [0, 0.1) is 0 Å². The second-order valence-electron chi connectivity index (χ2n) is 1.75. The van der Waals surface area contributed by atoms with Crippen LogP contribution >= 0.6 is 0 Å². The van der Waals surface area contributed by atoms with Gasteiger partial charge in [-0.3, -0.25) is 4.79 Å². The number of allylic oxidation sites excluding steroid dienone is 1. The van der Waals surface area contributed by atoms with E-state index >= 15 is 0 Å². The van der Waals surface area contributed by atoms with Crippen molar-refractivity contribution in [3.63, 3.8) is 0 Å². The van der Waals surface area contributed by atoms with Gasteiger partial charge >= 0.3 is 0 Å². The summed E-state index contributed by atoms with van der Waals surface area (Å²) in [5.74, 6) is -0.166. The van der Waals surface area contributed by atoms with Gasteiger partial charge in [0, 0.05) is 18.0 Å². The molecule has 0 unspecified atom stereocenters. The Morgan fingerprint density at radius 2 is 2.55 bits per heavy atom. The molecule has 0 spiro atoms. The molecular weight excluding hydrogens is 144 g/mol. The minimum Gasteiger partial charge on any atom is -0.352 e. The summed E-state index contributed by atoms with van der Waals surface area (Å²) in [6.45, 7) is 2.43. The zero-order chi connectivity index (χ0) is 8.53. The molecule has 0 aliphatic rings. The Labute approximate surface area is 64.7 Å². The van der Waals surface area contributed by atoms with E-state index in [2.05, 4.69) is 15.3 Å². The number of carbonyl (C=O) groups is 1. The molecule has 0 atom stereocenters. The highest BCUT2D eigenvalue weighted by Crippen LogP contribution is 1.73. The molecule has 0 heterocycles. The Balaban J connectivity index is 3.38. The van der Waals surface area contributed by atoms with Crippen LogP contribution < -0.4 is 5.32 Å². The van der Waals surface area contributed by atoms with Crippen molar-refractivity contribution < 1.29 is 4.79 Å². The summed E-state index contributed by atoms with van der Waals surface area (Å²) in [5, 5.41) is 5.77. The molecule has 11 heavy (non-hydrogen) atoms. The second-order valence-corrected chi connectivity index (χ2v) is 1.75. The highest BCUT2D eigenvalue weighted by Gasteiger charge is 1.89. The number of carbonyl (C=O) groups excluding carboxylic acids is 1. The maximum atomic E-state index is 10.7. The first-order valence-corrected chi connectivity index (χ1v) is 3.22. The summed E-state index contributed by atoms with van der Waals surface area (Å²) in [4.78, 5) is 13.2. The maximum Gasteiger partial charge on any atom is 0.243 e. The van der Waals surface area contributed by atoms with E-state index in [1.165, 1.54) is 6.08 Å². The molecule has 0 radical (unpaired) electrons. The number of hydrogen-bond donors (Lipinski definition) is 1. The molecule has 0 aromatic heterocycles. The fourth-order valence-electron chi connectivity index (χ4n) is 0.484. The Morgan fingerprint density at radius 3 is 3.09 bits per heavy atom. The van der Waals surface area contributed by atoms with Gasteiger partial charge in [0.2, 0.25) is 5.91 Å². The third-order valence-electron chi connectivity index (χ3n) is 0.892. The average molecular weight is 154 g/mol. The molecule has 1 amide bonds. The topological polar surface area (TPSA) is 77.9 Å². The molecule has 5 heteroatoms. The van der Waals surface area contributed by atoms with Gasteiger partial charge in [-0.05, 0) is 18.5 Å². The molecule has 0 saturated carbocycles. The third kappa shape index (κ3) is 6.40. The van der Waals surface area contributed by atoms with Crippen molar-refractivity contribution in [2.75, 3.05) is 13.1 Å². The molecule has 0 aromatic rings. The maximum absolute atomic E-state index is 10.7. The number of amides is 1. The molecule has 0 rings (SSSR count). The summed E-state index contributed by atoms with van der Waals surface area (Å²) in [6, 6.07) is 0. The Kier molecular flexibility index (Phi) is 5.74. The highest BCUT2D eigenvalue weighted by atomic mass is 16.1. The molecule has 0 bridgehead atoms. The summed E-state index contributed by atoms with van der Waals surface area (Å²) in [7, 11) is 0. The van der Waals surface area contributed by atoms with E-state index < -0.39 is 0 Å². The van der Waals surface area contributed by atoms with Gasteiger partial charge in [-0.25, -0.2) is 0 Å². The van der Waals surface area contributed by atoms with Crippen molar-refractivity contribution >= 4 is 5.91 Å². The number of rotatable bonds is 4. The third-order valence-corrected chi connectivity index (χ3v) is 0.892. The molecule has 0 saturated heterocycles. The average Bonchev–Trinajstić information content (AvgIpc) is 1.99. The lowest BCUT2D eigenvalue weighted by atomic mass is 10.5. The van der Waals surface area contributed by atoms with Crippen molar-refractivity contribution in [2.45, 2.75) is 6.92 Å². The van der Waals surface area contributed by atoms with Crippen molar-refractivity contribution in [3.05, 3.63) is 22.6 Å². The first kappa shape index (κ1) is 9.52. The molecule has 0 fully saturated rings. The van der Waals surface area contributed by atoms with Crippen LogP contribution in [0.4, 0.5) is 0 Å². The van der Waals surface area contributed by atoms with Crippen LogP contribution in [0.5, 0.6) is 0 Å². The normalized spacial score (nSPS) is 9.18.